The number of allylic oxidation sites excluding steroid dienone is 1. The standard InChI is InChI=1S/C18H16O2/c1-14(16-7-5-9-18(13-16)20-3)10-11-15-6-4-8-17(12-15)19-2/h4-9,12-13H,1H2,2-3H3. The lowest BCUT2D eigenvalue weighted by molar-refractivity contribution is 0.414. The molecule has 100 valence electrons. The smallest absolute Gasteiger partial charge is 0.120 e. The van der Waals surface area contributed by atoms with E-state index in [1.807, 2.05) is 48.5 Å². The Morgan fingerprint density at radius 2 is 1.60 bits per heavy atom. The van der Waals surface area contributed by atoms with E-state index in [0.717, 1.165) is 28.2 Å². The van der Waals surface area contributed by atoms with Crippen LogP contribution in [0, 0.1) is 11.8 Å². The van der Waals surface area contributed by atoms with Crippen molar-refractivity contribution >= 4 is 5.57 Å². The van der Waals surface area contributed by atoms with Crippen LogP contribution in [-0.2, 0) is 0 Å². The van der Waals surface area contributed by atoms with E-state index in [1.54, 1.807) is 14.2 Å². The number of rotatable bonds is 3. The van der Waals surface area contributed by atoms with Crippen LogP contribution in [0.3, 0.4) is 0 Å². The molecule has 2 heteroatoms. The molecule has 0 heterocycles. The van der Waals surface area contributed by atoms with Gasteiger partial charge in [-0.05, 0) is 35.9 Å². The SMILES string of the molecule is C=C(C#Cc1cccc(OC)c1)c1cccc(OC)c1. The molecule has 0 unspecified atom stereocenters. The van der Waals surface area contributed by atoms with Gasteiger partial charge in [-0.25, -0.2) is 0 Å². The van der Waals surface area contributed by atoms with Crippen LogP contribution < -0.4 is 9.47 Å². The minimum atomic E-state index is 0.756. The van der Waals surface area contributed by atoms with E-state index in [9.17, 15) is 0 Å². The summed E-state index contributed by atoms with van der Waals surface area (Å²) in [5, 5.41) is 0. The topological polar surface area (TPSA) is 18.5 Å². The van der Waals surface area contributed by atoms with Gasteiger partial charge in [-0.15, -0.1) is 0 Å². The van der Waals surface area contributed by atoms with Crippen LogP contribution in [0.15, 0.2) is 55.1 Å². The van der Waals surface area contributed by atoms with Crippen LogP contribution in [0.1, 0.15) is 11.1 Å². The summed E-state index contributed by atoms with van der Waals surface area (Å²) < 4.78 is 10.4. The molecule has 2 aromatic carbocycles. The monoisotopic (exact) mass is 264 g/mol. The summed E-state index contributed by atoms with van der Waals surface area (Å²) >= 11 is 0. The molecule has 0 spiro atoms. The highest BCUT2D eigenvalue weighted by atomic mass is 16.5. The van der Waals surface area contributed by atoms with Crippen LogP contribution in [-0.4, -0.2) is 14.2 Å². The fourth-order valence-corrected chi connectivity index (χ4v) is 1.73. The largest absolute Gasteiger partial charge is 0.497 e. The van der Waals surface area contributed by atoms with E-state index in [-0.39, 0.29) is 0 Å². The molecule has 0 aliphatic heterocycles. The van der Waals surface area contributed by atoms with Crippen molar-refractivity contribution in [2.24, 2.45) is 0 Å². The number of ether oxygens (including phenoxy) is 2. The maximum Gasteiger partial charge on any atom is 0.120 e. The van der Waals surface area contributed by atoms with Crippen molar-refractivity contribution in [2.75, 3.05) is 14.2 Å². The average Bonchev–Trinajstić information content (AvgIpc) is 2.52. The molecular formula is C18H16O2. The fourth-order valence-electron chi connectivity index (χ4n) is 1.73. The Bertz CT molecular complexity index is 675. The van der Waals surface area contributed by atoms with E-state index in [0.29, 0.717) is 0 Å². The third kappa shape index (κ3) is 3.43. The zero-order valence-corrected chi connectivity index (χ0v) is 11.6. The zero-order chi connectivity index (χ0) is 14.4. The van der Waals surface area contributed by atoms with Crippen molar-refractivity contribution in [3.8, 4) is 23.3 Å². The summed E-state index contributed by atoms with van der Waals surface area (Å²) in [6, 6.07) is 15.3. The first-order chi connectivity index (χ1) is 9.72. The third-order valence-electron chi connectivity index (χ3n) is 2.85. The lowest BCUT2D eigenvalue weighted by Gasteiger charge is -2.02. The molecule has 0 fully saturated rings. The molecule has 0 aromatic heterocycles. The number of hydrogen-bond acceptors (Lipinski definition) is 2. The molecule has 0 atom stereocenters. The van der Waals surface area contributed by atoms with Gasteiger partial charge in [0.05, 0.1) is 14.2 Å². The number of hydrogen-bond donors (Lipinski definition) is 0. The van der Waals surface area contributed by atoms with Gasteiger partial charge in [-0.2, -0.15) is 0 Å². The second kappa shape index (κ2) is 6.49. The highest BCUT2D eigenvalue weighted by molar-refractivity contribution is 5.78. The highest BCUT2D eigenvalue weighted by Gasteiger charge is 1.98. The van der Waals surface area contributed by atoms with Crippen LogP contribution in [0.2, 0.25) is 0 Å². The van der Waals surface area contributed by atoms with Gasteiger partial charge < -0.3 is 9.47 Å². The highest BCUT2D eigenvalue weighted by Crippen LogP contribution is 2.18. The normalized spacial score (nSPS) is 9.30. The summed E-state index contributed by atoms with van der Waals surface area (Å²) in [6.07, 6.45) is 0. The molecule has 2 nitrogen and oxygen atoms in total. The first-order valence-electron chi connectivity index (χ1n) is 6.22. The van der Waals surface area contributed by atoms with Gasteiger partial charge in [0.15, 0.2) is 0 Å². The van der Waals surface area contributed by atoms with E-state index < -0.39 is 0 Å². The van der Waals surface area contributed by atoms with Crippen LogP contribution in [0.5, 0.6) is 11.5 Å². The molecule has 2 rings (SSSR count). The Labute approximate surface area is 119 Å². The lowest BCUT2D eigenvalue weighted by Crippen LogP contribution is -1.85. The minimum Gasteiger partial charge on any atom is -0.497 e. The van der Waals surface area contributed by atoms with E-state index >= 15 is 0 Å². The summed E-state index contributed by atoms with van der Waals surface area (Å²) in [5.74, 6) is 7.74. The number of benzene rings is 2. The van der Waals surface area contributed by atoms with Crippen molar-refractivity contribution in [3.05, 3.63) is 66.2 Å². The first kappa shape index (κ1) is 13.8. The summed E-state index contributed by atoms with van der Waals surface area (Å²) in [4.78, 5) is 0. The molecule has 0 radical (unpaired) electrons. The van der Waals surface area contributed by atoms with Gasteiger partial charge >= 0.3 is 0 Å². The van der Waals surface area contributed by atoms with Crippen molar-refractivity contribution in [3.63, 3.8) is 0 Å². The first-order valence-corrected chi connectivity index (χ1v) is 6.22. The number of methoxy groups -OCH3 is 2. The maximum atomic E-state index is 5.19. The molecule has 0 amide bonds. The summed E-state index contributed by atoms with van der Waals surface area (Å²) in [6.45, 7) is 4.00. The second-order valence-corrected chi connectivity index (χ2v) is 4.19. The van der Waals surface area contributed by atoms with Crippen molar-refractivity contribution in [1.29, 1.82) is 0 Å². The molecule has 20 heavy (non-hydrogen) atoms. The zero-order valence-electron chi connectivity index (χ0n) is 11.6. The predicted molar refractivity (Wildman–Crippen MR) is 81.9 cm³/mol. The Kier molecular flexibility index (Phi) is 4.47. The van der Waals surface area contributed by atoms with Gasteiger partial charge in [0.2, 0.25) is 0 Å². The second-order valence-electron chi connectivity index (χ2n) is 4.19. The summed E-state index contributed by atoms with van der Waals surface area (Å²) in [5.41, 5.74) is 2.61. The van der Waals surface area contributed by atoms with E-state index in [2.05, 4.69) is 18.4 Å². The Morgan fingerprint density at radius 3 is 2.30 bits per heavy atom. The van der Waals surface area contributed by atoms with Crippen molar-refractivity contribution in [2.45, 2.75) is 0 Å². The minimum absolute atomic E-state index is 0.756. The molecule has 0 aliphatic rings. The molecule has 0 aliphatic carbocycles. The lowest BCUT2D eigenvalue weighted by atomic mass is 10.1. The van der Waals surface area contributed by atoms with Crippen LogP contribution in [0.4, 0.5) is 0 Å². The van der Waals surface area contributed by atoms with Crippen molar-refractivity contribution < 1.29 is 9.47 Å². The molecule has 0 saturated carbocycles. The van der Waals surface area contributed by atoms with Crippen molar-refractivity contribution in [1.82, 2.24) is 0 Å². The molecule has 0 N–H and O–H groups in total. The van der Waals surface area contributed by atoms with E-state index in [1.165, 1.54) is 0 Å². The fraction of sp³-hybridized carbons (Fsp3) is 0.111. The third-order valence-corrected chi connectivity index (χ3v) is 2.85. The van der Waals surface area contributed by atoms with Crippen LogP contribution >= 0.6 is 0 Å². The quantitative estimate of drug-likeness (QED) is 0.786. The molecule has 2 aromatic rings. The molecule has 0 saturated heterocycles. The predicted octanol–water partition coefficient (Wildman–Crippen LogP) is 3.77. The van der Waals surface area contributed by atoms with Gasteiger partial charge in [-0.1, -0.05) is 36.6 Å². The van der Waals surface area contributed by atoms with Crippen LogP contribution in [0.25, 0.3) is 5.57 Å². The van der Waals surface area contributed by atoms with Gasteiger partial charge in [0.25, 0.3) is 0 Å². The maximum absolute atomic E-state index is 5.19. The molecular weight excluding hydrogens is 248 g/mol. The average molecular weight is 264 g/mol. The van der Waals surface area contributed by atoms with Gasteiger partial charge in [0, 0.05) is 11.1 Å². The van der Waals surface area contributed by atoms with Gasteiger partial charge in [-0.3, -0.25) is 0 Å². The van der Waals surface area contributed by atoms with E-state index in [4.69, 9.17) is 9.47 Å². The molecule has 0 bridgehead atoms. The Morgan fingerprint density at radius 1 is 0.950 bits per heavy atom. The summed E-state index contributed by atoms with van der Waals surface area (Å²) in [7, 11) is 3.28. The Balaban J connectivity index is 2.21. The Hall–Kier alpha value is -2.66. The van der Waals surface area contributed by atoms with Gasteiger partial charge in [0.1, 0.15) is 11.5 Å².